The molecule has 0 N–H and O–H groups in total. The molecule has 0 aliphatic heterocycles. The highest BCUT2D eigenvalue weighted by Crippen LogP contribution is 1.94. The molecule has 0 bridgehead atoms. The summed E-state index contributed by atoms with van der Waals surface area (Å²) in [6.45, 7) is 5.00. The Balaban J connectivity index is 3.72. The lowest BCUT2D eigenvalue weighted by atomic mass is 10.5. The van der Waals surface area contributed by atoms with Crippen LogP contribution in [0.25, 0.3) is 0 Å². The highest BCUT2D eigenvalue weighted by Gasteiger charge is 2.08. The van der Waals surface area contributed by atoms with E-state index in [4.69, 9.17) is 4.74 Å². The molecule has 0 aromatic rings. The number of nitrogens with zero attached hydrogens (tertiary/aromatic N) is 1. The lowest BCUT2D eigenvalue weighted by Crippen LogP contribution is -2.34. The van der Waals surface area contributed by atoms with Crippen LogP contribution in [0.4, 0.5) is 0 Å². The smallest absolute Gasteiger partial charge is 0.224 e. The highest BCUT2D eigenvalue weighted by atomic mass is 16.5. The Kier molecular flexibility index (Phi) is 3.24. The Morgan fingerprint density at radius 2 is 2.22 bits per heavy atom. The van der Waals surface area contributed by atoms with Crippen LogP contribution in [-0.4, -0.2) is 31.2 Å². The van der Waals surface area contributed by atoms with Gasteiger partial charge >= 0.3 is 0 Å². The Bertz CT molecular complexity index is 103. The van der Waals surface area contributed by atoms with Gasteiger partial charge in [-0.15, -0.1) is 0 Å². The van der Waals surface area contributed by atoms with Crippen molar-refractivity contribution in [2.45, 2.75) is 13.2 Å². The van der Waals surface area contributed by atoms with Crippen molar-refractivity contribution in [3.8, 4) is 0 Å². The summed E-state index contributed by atoms with van der Waals surface area (Å²) in [6, 6.07) is 0. The zero-order chi connectivity index (χ0) is 7.44. The van der Waals surface area contributed by atoms with Gasteiger partial charge in [0, 0.05) is 21.1 Å². The second-order valence-electron chi connectivity index (χ2n) is 1.84. The number of rotatable bonds is 2. The van der Waals surface area contributed by atoms with Gasteiger partial charge in [-0.05, 0) is 6.92 Å². The van der Waals surface area contributed by atoms with Crippen LogP contribution < -0.4 is 0 Å². The third kappa shape index (κ3) is 2.46. The topological polar surface area (TPSA) is 29.5 Å². The van der Waals surface area contributed by atoms with Gasteiger partial charge in [0.15, 0.2) is 0 Å². The molecule has 9 heavy (non-hydrogen) atoms. The van der Waals surface area contributed by atoms with Crippen LogP contribution in [0.3, 0.4) is 0 Å². The Hall–Kier alpha value is -0.570. The fourth-order valence-electron chi connectivity index (χ4n) is 0.361. The van der Waals surface area contributed by atoms with Gasteiger partial charge in [0.25, 0.3) is 0 Å². The molecule has 0 saturated heterocycles. The maximum Gasteiger partial charge on any atom is 0.224 e. The third-order valence-corrected chi connectivity index (χ3v) is 1.28. The van der Waals surface area contributed by atoms with Crippen LogP contribution in [0.5, 0.6) is 0 Å². The van der Waals surface area contributed by atoms with E-state index in [0.29, 0.717) is 0 Å². The zero-order valence-corrected chi connectivity index (χ0v) is 6.05. The first-order chi connectivity index (χ1) is 4.09. The third-order valence-electron chi connectivity index (χ3n) is 1.28. The maximum absolute atomic E-state index is 10.5. The van der Waals surface area contributed by atoms with Crippen LogP contribution in [0.1, 0.15) is 6.92 Å². The Morgan fingerprint density at radius 1 is 1.78 bits per heavy atom. The molecule has 0 aliphatic rings. The van der Waals surface area contributed by atoms with Crippen molar-refractivity contribution < 1.29 is 9.53 Å². The zero-order valence-electron chi connectivity index (χ0n) is 6.05. The van der Waals surface area contributed by atoms with Crippen molar-refractivity contribution in [1.29, 1.82) is 0 Å². The van der Waals surface area contributed by atoms with Gasteiger partial charge < -0.3 is 9.64 Å². The van der Waals surface area contributed by atoms with E-state index in [1.165, 1.54) is 4.90 Å². The van der Waals surface area contributed by atoms with E-state index in [2.05, 4.69) is 6.92 Å². The maximum atomic E-state index is 10.5. The van der Waals surface area contributed by atoms with Crippen LogP contribution in [-0.2, 0) is 9.53 Å². The monoisotopic (exact) mass is 130 g/mol. The van der Waals surface area contributed by atoms with Crippen molar-refractivity contribution in [3.63, 3.8) is 0 Å². The number of hydrogen-bond donors (Lipinski definition) is 0. The van der Waals surface area contributed by atoms with Crippen LogP contribution >= 0.6 is 0 Å². The molecule has 0 rings (SSSR count). The van der Waals surface area contributed by atoms with Gasteiger partial charge in [0.2, 0.25) is 5.91 Å². The molecule has 0 spiro atoms. The lowest BCUT2D eigenvalue weighted by Gasteiger charge is -2.21. The first-order valence-corrected chi connectivity index (χ1v) is 2.71. The quantitative estimate of drug-likeness (QED) is 0.502. The minimum absolute atomic E-state index is 0.185. The summed E-state index contributed by atoms with van der Waals surface area (Å²) < 4.78 is 4.84. The van der Waals surface area contributed by atoms with Gasteiger partial charge in [-0.2, -0.15) is 0 Å². The molecular weight excluding hydrogens is 118 g/mol. The van der Waals surface area contributed by atoms with Gasteiger partial charge in [0.1, 0.15) is 6.23 Å². The van der Waals surface area contributed by atoms with Crippen molar-refractivity contribution in [2.75, 3.05) is 14.2 Å². The summed E-state index contributed by atoms with van der Waals surface area (Å²) in [4.78, 5) is 11.9. The number of amides is 1. The predicted octanol–water partition coefficient (Wildman–Crippen LogP) is 0.271. The molecule has 1 atom stereocenters. The number of hydrogen-bond acceptors (Lipinski definition) is 2. The highest BCUT2D eigenvalue weighted by molar-refractivity contribution is 5.80. The molecule has 0 aromatic carbocycles. The summed E-state index contributed by atoms with van der Waals surface area (Å²) in [6.07, 6.45) is -0.185. The molecule has 1 unspecified atom stereocenters. The molecule has 0 fully saturated rings. The normalized spacial score (nSPS) is 12.9. The van der Waals surface area contributed by atoms with E-state index < -0.39 is 0 Å². The van der Waals surface area contributed by atoms with Gasteiger partial charge in [0.05, 0.1) is 0 Å². The van der Waals surface area contributed by atoms with E-state index in [1.807, 2.05) is 0 Å². The number of carbonyl (C=O) groups excluding carboxylic acids is 1. The molecule has 3 nitrogen and oxygen atoms in total. The Morgan fingerprint density at radius 3 is 2.33 bits per heavy atom. The standard InChI is InChI=1S/C6H12NO2/c1-5(8)7(3)6(2)9-4/h6H,1H2,2-4H3. The summed E-state index contributed by atoms with van der Waals surface area (Å²) >= 11 is 0. The fraction of sp³-hybridized carbons (Fsp3) is 0.667. The van der Waals surface area contributed by atoms with E-state index in [-0.39, 0.29) is 12.1 Å². The van der Waals surface area contributed by atoms with Crippen LogP contribution in [0.15, 0.2) is 0 Å². The van der Waals surface area contributed by atoms with E-state index in [0.717, 1.165) is 0 Å². The SMILES string of the molecule is [CH2]C(=O)N(C)C(C)OC. The molecule has 0 aromatic heterocycles. The van der Waals surface area contributed by atoms with E-state index in [9.17, 15) is 4.79 Å². The molecule has 0 heterocycles. The summed E-state index contributed by atoms with van der Waals surface area (Å²) in [7, 11) is 3.19. The summed E-state index contributed by atoms with van der Waals surface area (Å²) in [5.74, 6) is -0.232. The van der Waals surface area contributed by atoms with E-state index >= 15 is 0 Å². The minimum atomic E-state index is -0.232. The van der Waals surface area contributed by atoms with E-state index in [1.54, 1.807) is 21.1 Å². The number of ether oxygens (including phenoxy) is 1. The molecular formula is C6H12NO2. The molecule has 53 valence electrons. The molecule has 1 radical (unpaired) electrons. The van der Waals surface area contributed by atoms with Gasteiger partial charge in [-0.25, -0.2) is 0 Å². The number of methoxy groups -OCH3 is 1. The average molecular weight is 130 g/mol. The second kappa shape index (κ2) is 3.45. The summed E-state index contributed by atoms with van der Waals surface area (Å²) in [5.41, 5.74) is 0. The fourth-order valence-corrected chi connectivity index (χ4v) is 0.361. The number of carbonyl (C=O) groups is 1. The van der Waals surface area contributed by atoms with Crippen molar-refractivity contribution in [3.05, 3.63) is 6.92 Å². The minimum Gasteiger partial charge on any atom is -0.362 e. The van der Waals surface area contributed by atoms with Crippen LogP contribution in [0, 0.1) is 6.92 Å². The molecule has 1 amide bonds. The molecule has 0 aliphatic carbocycles. The first kappa shape index (κ1) is 8.43. The van der Waals surface area contributed by atoms with Crippen molar-refractivity contribution in [2.24, 2.45) is 0 Å². The second-order valence-corrected chi connectivity index (χ2v) is 1.84. The Labute approximate surface area is 55.6 Å². The lowest BCUT2D eigenvalue weighted by molar-refractivity contribution is -0.134. The average Bonchev–Trinajstić information content (AvgIpc) is 1.84. The van der Waals surface area contributed by atoms with Gasteiger partial charge in [-0.1, -0.05) is 0 Å². The van der Waals surface area contributed by atoms with Crippen molar-refractivity contribution in [1.82, 2.24) is 4.90 Å². The molecule has 0 saturated carbocycles. The summed E-state index contributed by atoms with van der Waals surface area (Å²) in [5, 5.41) is 0. The molecule has 3 heteroatoms. The van der Waals surface area contributed by atoms with Crippen LogP contribution in [0.2, 0.25) is 0 Å². The van der Waals surface area contributed by atoms with Gasteiger partial charge in [-0.3, -0.25) is 4.79 Å². The van der Waals surface area contributed by atoms with Crippen molar-refractivity contribution >= 4 is 5.91 Å². The first-order valence-electron chi connectivity index (χ1n) is 2.71. The predicted molar refractivity (Wildman–Crippen MR) is 34.6 cm³/mol. The largest absolute Gasteiger partial charge is 0.362 e.